The fraction of sp³-hybridized carbons (Fsp3) is 0.333. The van der Waals surface area contributed by atoms with Gasteiger partial charge < -0.3 is 10.8 Å². The minimum Gasteiger partial charge on any atom is -0.396 e. The van der Waals surface area contributed by atoms with Crippen LogP contribution in [-0.2, 0) is 0 Å². The number of hydrogen-bond acceptors (Lipinski definition) is 2. The predicted octanol–water partition coefficient (Wildman–Crippen LogP) is 1.97. The Morgan fingerprint density at radius 3 is 2.77 bits per heavy atom. The highest BCUT2D eigenvalue weighted by molar-refractivity contribution is 9.10. The van der Waals surface area contributed by atoms with Gasteiger partial charge in [-0.05, 0) is 40.0 Å². The van der Waals surface area contributed by atoms with Crippen LogP contribution in [0.2, 0.25) is 0 Å². The average Bonchev–Trinajstić information content (AvgIpc) is 2.10. The van der Waals surface area contributed by atoms with Crippen molar-refractivity contribution in [2.24, 2.45) is 5.73 Å². The minimum atomic E-state index is -0.328. The number of nitrogens with two attached hydrogens (primary N) is 1. The van der Waals surface area contributed by atoms with E-state index in [2.05, 4.69) is 15.9 Å². The molecule has 0 bridgehead atoms. The lowest BCUT2D eigenvalue weighted by Crippen LogP contribution is -2.12. The number of aliphatic hydroxyl groups excluding tert-OH is 1. The second kappa shape index (κ2) is 4.69. The fourth-order valence-electron chi connectivity index (χ4n) is 1.05. The molecular formula is C9H11BrFNO. The minimum absolute atomic E-state index is 0.0127. The normalized spacial score (nSPS) is 12.9. The Morgan fingerprint density at radius 1 is 1.54 bits per heavy atom. The summed E-state index contributed by atoms with van der Waals surface area (Å²) in [6, 6.07) is 4.44. The van der Waals surface area contributed by atoms with Crippen LogP contribution in [0.3, 0.4) is 0 Å². The summed E-state index contributed by atoms with van der Waals surface area (Å²) in [5.41, 5.74) is 6.39. The summed E-state index contributed by atoms with van der Waals surface area (Å²) in [4.78, 5) is 0. The predicted molar refractivity (Wildman–Crippen MR) is 52.7 cm³/mol. The summed E-state index contributed by atoms with van der Waals surface area (Å²) in [7, 11) is 0. The van der Waals surface area contributed by atoms with E-state index in [0.717, 1.165) is 0 Å². The molecule has 3 N–H and O–H groups in total. The van der Waals surface area contributed by atoms with Crippen molar-refractivity contribution in [2.45, 2.75) is 12.5 Å². The molecule has 1 aromatic carbocycles. The quantitative estimate of drug-likeness (QED) is 0.858. The highest BCUT2D eigenvalue weighted by Crippen LogP contribution is 2.20. The highest BCUT2D eigenvalue weighted by Gasteiger charge is 2.07. The molecule has 0 saturated carbocycles. The zero-order valence-corrected chi connectivity index (χ0v) is 8.59. The molecule has 0 saturated heterocycles. The highest BCUT2D eigenvalue weighted by atomic mass is 79.9. The van der Waals surface area contributed by atoms with Crippen molar-refractivity contribution in [3.05, 3.63) is 34.1 Å². The van der Waals surface area contributed by atoms with Crippen LogP contribution in [0.25, 0.3) is 0 Å². The van der Waals surface area contributed by atoms with Crippen LogP contribution in [0.15, 0.2) is 22.7 Å². The summed E-state index contributed by atoms with van der Waals surface area (Å²) in [5.74, 6) is -0.328. The zero-order chi connectivity index (χ0) is 9.84. The van der Waals surface area contributed by atoms with Crippen molar-refractivity contribution in [3.63, 3.8) is 0 Å². The standard InChI is InChI=1S/C9H11BrFNO/c10-7-2-1-6(5-8(7)11)9(12)3-4-13/h1-2,5,9,13H,3-4,12H2/t9-/m0/s1. The van der Waals surface area contributed by atoms with E-state index in [-0.39, 0.29) is 18.5 Å². The fourth-order valence-corrected chi connectivity index (χ4v) is 1.30. The van der Waals surface area contributed by atoms with Gasteiger partial charge in [0.05, 0.1) is 4.47 Å². The van der Waals surface area contributed by atoms with Crippen LogP contribution in [0.4, 0.5) is 4.39 Å². The second-order valence-electron chi connectivity index (χ2n) is 2.79. The lowest BCUT2D eigenvalue weighted by molar-refractivity contribution is 0.276. The van der Waals surface area contributed by atoms with Crippen LogP contribution in [0.1, 0.15) is 18.0 Å². The zero-order valence-electron chi connectivity index (χ0n) is 7.00. The van der Waals surface area contributed by atoms with Crippen LogP contribution < -0.4 is 5.73 Å². The Labute approximate surface area is 84.7 Å². The smallest absolute Gasteiger partial charge is 0.137 e. The van der Waals surface area contributed by atoms with Gasteiger partial charge in [-0.25, -0.2) is 4.39 Å². The summed E-state index contributed by atoms with van der Waals surface area (Å²) in [6.07, 6.45) is 0.446. The molecule has 0 unspecified atom stereocenters. The van der Waals surface area contributed by atoms with Gasteiger partial charge >= 0.3 is 0 Å². The van der Waals surface area contributed by atoms with Crippen molar-refractivity contribution in [2.75, 3.05) is 6.61 Å². The second-order valence-corrected chi connectivity index (χ2v) is 3.65. The molecule has 72 valence electrons. The van der Waals surface area contributed by atoms with Crippen molar-refractivity contribution in [1.82, 2.24) is 0 Å². The number of rotatable bonds is 3. The number of benzene rings is 1. The maximum atomic E-state index is 13.0. The molecule has 0 heterocycles. The van der Waals surface area contributed by atoms with Gasteiger partial charge in [0.25, 0.3) is 0 Å². The molecule has 0 spiro atoms. The van der Waals surface area contributed by atoms with Gasteiger partial charge in [-0.1, -0.05) is 6.07 Å². The van der Waals surface area contributed by atoms with E-state index in [1.54, 1.807) is 12.1 Å². The summed E-state index contributed by atoms with van der Waals surface area (Å²) >= 11 is 3.05. The number of hydrogen-bond donors (Lipinski definition) is 2. The third kappa shape index (κ3) is 2.76. The van der Waals surface area contributed by atoms with Gasteiger partial charge in [-0.3, -0.25) is 0 Å². The first-order chi connectivity index (χ1) is 6.15. The third-order valence-corrected chi connectivity index (χ3v) is 2.46. The van der Waals surface area contributed by atoms with Gasteiger partial charge in [0, 0.05) is 12.6 Å². The first-order valence-electron chi connectivity index (χ1n) is 3.96. The largest absolute Gasteiger partial charge is 0.396 e. The summed E-state index contributed by atoms with van der Waals surface area (Å²) < 4.78 is 13.4. The molecule has 2 nitrogen and oxygen atoms in total. The average molecular weight is 248 g/mol. The Morgan fingerprint density at radius 2 is 2.23 bits per heavy atom. The van der Waals surface area contributed by atoms with E-state index < -0.39 is 0 Å². The first kappa shape index (κ1) is 10.6. The Hall–Kier alpha value is -0.450. The Bertz CT molecular complexity index is 293. The van der Waals surface area contributed by atoms with Gasteiger partial charge in [0.1, 0.15) is 5.82 Å². The topological polar surface area (TPSA) is 46.2 Å². The molecule has 0 amide bonds. The molecule has 0 aliphatic rings. The van der Waals surface area contributed by atoms with Crippen LogP contribution in [0, 0.1) is 5.82 Å². The molecule has 4 heteroatoms. The van der Waals surface area contributed by atoms with Crippen molar-refractivity contribution in [3.8, 4) is 0 Å². The molecule has 1 rings (SSSR count). The van der Waals surface area contributed by atoms with E-state index in [4.69, 9.17) is 10.8 Å². The molecule has 0 fully saturated rings. The third-order valence-electron chi connectivity index (χ3n) is 1.81. The van der Waals surface area contributed by atoms with E-state index in [0.29, 0.717) is 16.5 Å². The maximum Gasteiger partial charge on any atom is 0.137 e. The van der Waals surface area contributed by atoms with Crippen LogP contribution >= 0.6 is 15.9 Å². The van der Waals surface area contributed by atoms with E-state index in [1.165, 1.54) is 6.07 Å². The van der Waals surface area contributed by atoms with Gasteiger partial charge in [0.2, 0.25) is 0 Å². The first-order valence-corrected chi connectivity index (χ1v) is 4.76. The van der Waals surface area contributed by atoms with Crippen molar-refractivity contribution < 1.29 is 9.50 Å². The number of halogens is 2. The van der Waals surface area contributed by atoms with Gasteiger partial charge in [0.15, 0.2) is 0 Å². The number of aliphatic hydroxyl groups is 1. The van der Waals surface area contributed by atoms with Crippen LogP contribution in [-0.4, -0.2) is 11.7 Å². The van der Waals surface area contributed by atoms with Crippen LogP contribution in [0.5, 0.6) is 0 Å². The van der Waals surface area contributed by atoms with E-state index in [1.807, 2.05) is 0 Å². The molecular weight excluding hydrogens is 237 g/mol. The van der Waals surface area contributed by atoms with E-state index >= 15 is 0 Å². The SMILES string of the molecule is N[C@@H](CCO)c1ccc(Br)c(F)c1. The van der Waals surface area contributed by atoms with Gasteiger partial charge in [-0.2, -0.15) is 0 Å². The molecule has 0 aliphatic heterocycles. The Balaban J connectivity index is 2.84. The van der Waals surface area contributed by atoms with Crippen molar-refractivity contribution >= 4 is 15.9 Å². The maximum absolute atomic E-state index is 13.0. The lowest BCUT2D eigenvalue weighted by atomic mass is 10.1. The van der Waals surface area contributed by atoms with E-state index in [9.17, 15) is 4.39 Å². The Kier molecular flexibility index (Phi) is 3.84. The molecule has 13 heavy (non-hydrogen) atoms. The summed E-state index contributed by atoms with van der Waals surface area (Å²) in [5, 5.41) is 8.64. The van der Waals surface area contributed by atoms with Crippen molar-refractivity contribution in [1.29, 1.82) is 0 Å². The van der Waals surface area contributed by atoms with Gasteiger partial charge in [-0.15, -0.1) is 0 Å². The molecule has 0 aromatic heterocycles. The monoisotopic (exact) mass is 247 g/mol. The molecule has 1 atom stereocenters. The molecule has 0 radical (unpaired) electrons. The molecule has 0 aliphatic carbocycles. The molecule has 1 aromatic rings. The summed E-state index contributed by atoms with van der Waals surface area (Å²) in [6.45, 7) is 0.0127. The lowest BCUT2D eigenvalue weighted by Gasteiger charge is -2.10.